The summed E-state index contributed by atoms with van der Waals surface area (Å²) in [4.78, 5) is 37.7. The first-order chi connectivity index (χ1) is 23.3. The highest BCUT2D eigenvalue weighted by Gasteiger charge is 2.53. The number of esters is 3. The zero-order chi connectivity index (χ0) is 38.1. The Hall–Kier alpha value is -2.99. The van der Waals surface area contributed by atoms with Gasteiger partial charge in [0.2, 0.25) is 5.76 Å². The van der Waals surface area contributed by atoms with E-state index < -0.39 is 66.2 Å². The van der Waals surface area contributed by atoms with Gasteiger partial charge in [-0.25, -0.2) is 4.79 Å². The number of carbonyl (C=O) groups excluding carboxylic acids is 3. The van der Waals surface area contributed by atoms with Gasteiger partial charge in [0.15, 0.2) is 5.79 Å². The molecule has 11 nitrogen and oxygen atoms in total. The van der Waals surface area contributed by atoms with Gasteiger partial charge in [-0.15, -0.1) is 0 Å². The molecule has 12 atom stereocenters. The molecule has 11 heteroatoms. The third-order valence-electron chi connectivity index (χ3n) is 10.0. The van der Waals surface area contributed by atoms with Gasteiger partial charge in [0.05, 0.1) is 19.3 Å². The van der Waals surface area contributed by atoms with Crippen LogP contribution in [0.25, 0.3) is 0 Å². The zero-order valence-electron chi connectivity index (χ0n) is 32.3. The molecular weight excluding hydrogens is 644 g/mol. The Kier molecular flexibility index (Phi) is 16.4. The predicted octanol–water partition coefficient (Wildman–Crippen LogP) is 5.83. The fourth-order valence-corrected chi connectivity index (χ4v) is 7.29. The first-order valence-corrected chi connectivity index (χ1v) is 17.7. The Morgan fingerprint density at radius 3 is 2.16 bits per heavy atom. The smallest absolute Gasteiger partial charge is 0.373 e. The standard InChI is InChI=1S/C39H62O11/c1-21(2)35-26(7)33(47-29(10)40)20-39(44,50-35)28(9)34(42)27(8)37-31(45-12)16-14-15-22(3)17-24(5)36(48-30(11)41)25(6)18-23(4)19-32(46-13)38(43)49-37/h14-16,18-19,21,24-28,31,33-37,42,44H,17,20H2,1-13H3/b16-14-,22-15+,23-18+,32-19+. The summed E-state index contributed by atoms with van der Waals surface area (Å²) in [5, 5.41) is 23.8. The maximum Gasteiger partial charge on any atom is 0.373 e. The molecule has 0 aromatic rings. The minimum atomic E-state index is -1.85. The summed E-state index contributed by atoms with van der Waals surface area (Å²) in [5.74, 6) is -5.62. The lowest BCUT2D eigenvalue weighted by atomic mass is 9.76. The fourth-order valence-electron chi connectivity index (χ4n) is 7.29. The topological polar surface area (TPSA) is 147 Å². The minimum Gasteiger partial charge on any atom is -0.490 e. The van der Waals surface area contributed by atoms with Crippen LogP contribution in [0.4, 0.5) is 0 Å². The van der Waals surface area contributed by atoms with Crippen molar-refractivity contribution in [3.63, 3.8) is 0 Å². The van der Waals surface area contributed by atoms with Gasteiger partial charge in [-0.05, 0) is 38.2 Å². The number of carbonyl (C=O) groups is 3. The van der Waals surface area contributed by atoms with Crippen LogP contribution in [-0.4, -0.2) is 84.8 Å². The molecule has 0 spiro atoms. The van der Waals surface area contributed by atoms with E-state index in [2.05, 4.69) is 0 Å². The number of cyclic esters (lactones) is 1. The van der Waals surface area contributed by atoms with Crippen molar-refractivity contribution < 1.29 is 53.0 Å². The molecule has 0 radical (unpaired) electrons. The van der Waals surface area contributed by atoms with Crippen molar-refractivity contribution in [2.75, 3.05) is 14.2 Å². The SMILES string of the molecule is CO/C1=C/C(C)=C/C(C)C(OC(C)=O)C(C)C/C(C)=C/C=C\C(OC)C(C(C)C(O)C(C)C2(O)CC(OC(C)=O)C(C)C(C(C)C)O2)OC1=O. The molecule has 50 heavy (non-hydrogen) atoms. The van der Waals surface area contributed by atoms with Gasteiger partial charge in [0.25, 0.3) is 0 Å². The third-order valence-corrected chi connectivity index (χ3v) is 10.0. The van der Waals surface area contributed by atoms with Crippen molar-refractivity contribution >= 4 is 17.9 Å². The number of aliphatic hydroxyl groups excluding tert-OH is 1. The number of allylic oxidation sites excluding steroid dienone is 5. The van der Waals surface area contributed by atoms with Crippen LogP contribution >= 0.6 is 0 Å². The average molecular weight is 707 g/mol. The molecule has 284 valence electrons. The zero-order valence-corrected chi connectivity index (χ0v) is 32.3. The van der Waals surface area contributed by atoms with Crippen LogP contribution in [0.5, 0.6) is 0 Å². The summed E-state index contributed by atoms with van der Waals surface area (Å²) in [6.07, 6.45) is 4.99. The number of rotatable bonds is 9. The van der Waals surface area contributed by atoms with E-state index in [-0.39, 0.29) is 41.8 Å². The lowest BCUT2D eigenvalue weighted by Crippen LogP contribution is -2.59. The molecule has 2 aliphatic rings. The van der Waals surface area contributed by atoms with Gasteiger partial charge in [0, 0.05) is 51.0 Å². The Morgan fingerprint density at radius 2 is 1.62 bits per heavy atom. The molecular formula is C39H62O11. The average Bonchev–Trinajstić information content (AvgIpc) is 3.02. The third kappa shape index (κ3) is 11.5. The van der Waals surface area contributed by atoms with E-state index >= 15 is 0 Å². The van der Waals surface area contributed by atoms with Crippen molar-refractivity contribution in [1.29, 1.82) is 0 Å². The molecule has 0 aliphatic carbocycles. The first-order valence-electron chi connectivity index (χ1n) is 17.7. The predicted molar refractivity (Wildman–Crippen MR) is 189 cm³/mol. The Bertz CT molecular complexity index is 1280. The lowest BCUT2D eigenvalue weighted by Gasteiger charge is -2.50. The summed E-state index contributed by atoms with van der Waals surface area (Å²) in [6, 6.07) is 0. The first kappa shape index (κ1) is 43.2. The normalized spacial score (nSPS) is 37.4. The Morgan fingerprint density at radius 1 is 1.00 bits per heavy atom. The summed E-state index contributed by atoms with van der Waals surface area (Å²) in [5.41, 5.74) is 1.73. The van der Waals surface area contributed by atoms with Gasteiger partial charge in [-0.1, -0.05) is 83.9 Å². The number of hydrogen-bond donors (Lipinski definition) is 2. The number of aliphatic hydroxyl groups is 2. The summed E-state index contributed by atoms with van der Waals surface area (Å²) >= 11 is 0. The highest BCUT2D eigenvalue weighted by atomic mass is 16.6. The molecule has 1 fully saturated rings. The molecule has 0 aromatic heterocycles. The number of hydrogen-bond acceptors (Lipinski definition) is 11. The maximum atomic E-state index is 13.7. The second-order valence-electron chi connectivity index (χ2n) is 14.7. The summed E-state index contributed by atoms with van der Waals surface area (Å²) in [7, 11) is 2.85. The second kappa shape index (κ2) is 19.0. The number of ether oxygens (including phenoxy) is 6. The molecule has 0 amide bonds. The molecule has 2 heterocycles. The van der Waals surface area contributed by atoms with Crippen LogP contribution in [0.2, 0.25) is 0 Å². The molecule has 2 rings (SSSR count). The Balaban J connectivity index is 2.58. The van der Waals surface area contributed by atoms with Crippen molar-refractivity contribution in [3.8, 4) is 0 Å². The van der Waals surface area contributed by atoms with Crippen LogP contribution in [0, 0.1) is 35.5 Å². The molecule has 2 N–H and O–H groups in total. The highest BCUT2D eigenvalue weighted by Crippen LogP contribution is 2.42. The van der Waals surface area contributed by atoms with E-state index in [9.17, 15) is 24.6 Å². The summed E-state index contributed by atoms with van der Waals surface area (Å²) < 4.78 is 35.0. The van der Waals surface area contributed by atoms with Gasteiger partial charge in [-0.3, -0.25) is 9.59 Å². The van der Waals surface area contributed by atoms with Gasteiger partial charge < -0.3 is 38.6 Å². The molecule has 12 unspecified atom stereocenters. The van der Waals surface area contributed by atoms with E-state index in [0.717, 1.165) is 5.57 Å². The van der Waals surface area contributed by atoms with Gasteiger partial charge in [0.1, 0.15) is 24.4 Å². The van der Waals surface area contributed by atoms with Crippen molar-refractivity contribution in [2.45, 2.75) is 131 Å². The van der Waals surface area contributed by atoms with Crippen LogP contribution in [-0.2, 0) is 42.8 Å². The van der Waals surface area contributed by atoms with Crippen molar-refractivity contribution in [1.82, 2.24) is 0 Å². The minimum absolute atomic E-state index is 0.0134. The van der Waals surface area contributed by atoms with E-state index in [4.69, 9.17) is 28.4 Å². The second-order valence-corrected chi connectivity index (χ2v) is 14.7. The fraction of sp³-hybridized carbons (Fsp3) is 0.718. The van der Waals surface area contributed by atoms with Crippen LogP contribution < -0.4 is 0 Å². The quantitative estimate of drug-likeness (QED) is 0.220. The molecule has 1 saturated heterocycles. The van der Waals surface area contributed by atoms with Crippen LogP contribution in [0.3, 0.4) is 0 Å². The number of methoxy groups -OCH3 is 2. The molecule has 0 aromatic carbocycles. The maximum absolute atomic E-state index is 13.7. The van der Waals surface area contributed by atoms with Crippen molar-refractivity contribution in [3.05, 3.63) is 47.3 Å². The van der Waals surface area contributed by atoms with Gasteiger partial charge >= 0.3 is 17.9 Å². The van der Waals surface area contributed by atoms with E-state index in [1.165, 1.54) is 28.1 Å². The molecule has 0 saturated carbocycles. The van der Waals surface area contributed by atoms with Crippen LogP contribution in [0.1, 0.15) is 89.0 Å². The summed E-state index contributed by atoms with van der Waals surface area (Å²) in [6.45, 7) is 19.7. The van der Waals surface area contributed by atoms with E-state index in [1.54, 1.807) is 26.0 Å². The van der Waals surface area contributed by atoms with E-state index in [1.807, 2.05) is 66.7 Å². The largest absolute Gasteiger partial charge is 0.490 e. The molecule has 0 bridgehead atoms. The highest BCUT2D eigenvalue weighted by molar-refractivity contribution is 5.87. The van der Waals surface area contributed by atoms with Crippen LogP contribution in [0.15, 0.2) is 47.3 Å². The monoisotopic (exact) mass is 706 g/mol. The Labute approximate surface area is 299 Å². The molecule has 2 aliphatic heterocycles. The van der Waals surface area contributed by atoms with Crippen molar-refractivity contribution in [2.24, 2.45) is 35.5 Å². The van der Waals surface area contributed by atoms with E-state index in [0.29, 0.717) is 12.0 Å². The van der Waals surface area contributed by atoms with Gasteiger partial charge in [-0.2, -0.15) is 0 Å². The lowest BCUT2D eigenvalue weighted by molar-refractivity contribution is -0.329.